The fourth-order valence-corrected chi connectivity index (χ4v) is 6.08. The summed E-state index contributed by atoms with van der Waals surface area (Å²) in [4.78, 5) is 19.2. The summed E-state index contributed by atoms with van der Waals surface area (Å²) in [6.07, 6.45) is 3.65. The molecule has 2 aromatic carbocycles. The summed E-state index contributed by atoms with van der Waals surface area (Å²) in [6, 6.07) is 14.2. The Morgan fingerprint density at radius 2 is 2.15 bits per heavy atom. The minimum absolute atomic E-state index is 0.00235. The van der Waals surface area contributed by atoms with Crippen molar-refractivity contribution < 1.29 is 9.53 Å². The summed E-state index contributed by atoms with van der Waals surface area (Å²) in [5.74, 6) is 1.45. The van der Waals surface area contributed by atoms with Gasteiger partial charge in [0, 0.05) is 36.1 Å². The van der Waals surface area contributed by atoms with Gasteiger partial charge in [0.05, 0.1) is 11.7 Å². The van der Waals surface area contributed by atoms with E-state index in [9.17, 15) is 10.1 Å². The summed E-state index contributed by atoms with van der Waals surface area (Å²) in [6.45, 7) is 7.48. The van der Waals surface area contributed by atoms with Crippen LogP contribution in [0.3, 0.4) is 0 Å². The van der Waals surface area contributed by atoms with Crippen LogP contribution in [0.2, 0.25) is 0 Å². The molecule has 2 aliphatic rings. The average Bonchev–Trinajstić information content (AvgIpc) is 3.58. The Bertz CT molecular complexity index is 1290. The second kappa shape index (κ2) is 8.84. The van der Waals surface area contributed by atoms with Gasteiger partial charge in [-0.15, -0.1) is 0 Å². The Balaban J connectivity index is 1.45. The third kappa shape index (κ3) is 3.86. The maximum atomic E-state index is 12.3. The van der Waals surface area contributed by atoms with Gasteiger partial charge in [0.15, 0.2) is 5.82 Å². The zero-order valence-corrected chi connectivity index (χ0v) is 20.6. The van der Waals surface area contributed by atoms with Crippen LogP contribution in [0.5, 0.6) is 5.75 Å². The zero-order valence-electron chi connectivity index (χ0n) is 19.8. The van der Waals surface area contributed by atoms with Gasteiger partial charge < -0.3 is 9.64 Å². The van der Waals surface area contributed by atoms with Gasteiger partial charge >= 0.3 is 0 Å². The van der Waals surface area contributed by atoms with E-state index in [2.05, 4.69) is 28.6 Å². The number of rotatable bonds is 5. The Kier molecular flexibility index (Phi) is 5.86. The minimum Gasteiger partial charge on any atom is -0.490 e. The maximum absolute atomic E-state index is 12.3. The number of hydrogen-bond donors (Lipinski definition) is 0. The predicted octanol–water partition coefficient (Wildman–Crippen LogP) is 5.36. The van der Waals surface area contributed by atoms with Crippen LogP contribution in [-0.4, -0.2) is 39.4 Å². The first-order valence-corrected chi connectivity index (χ1v) is 12.7. The standard InChI is InChI=1S/C27H28N4O2S/c1-4-24(32)31-13-12-27(16-31)11-10-20-21(6-5-7-22(20)27)26-29-25(30-34-26)18-8-9-23(33-17(2)3)19(14-18)15-28/h5-9,14,17H,4,10-13,16H2,1-3H3. The largest absolute Gasteiger partial charge is 0.490 e. The van der Waals surface area contributed by atoms with Crippen molar-refractivity contribution in [2.24, 2.45) is 0 Å². The molecule has 1 amide bonds. The van der Waals surface area contributed by atoms with Crippen LogP contribution in [0.15, 0.2) is 36.4 Å². The van der Waals surface area contributed by atoms with Gasteiger partial charge in [-0.2, -0.15) is 9.64 Å². The highest BCUT2D eigenvalue weighted by atomic mass is 32.1. The van der Waals surface area contributed by atoms with Gasteiger partial charge in [0.25, 0.3) is 0 Å². The molecule has 0 bridgehead atoms. The fourth-order valence-electron chi connectivity index (χ4n) is 5.35. The number of carbonyl (C=O) groups is 1. The van der Waals surface area contributed by atoms with Gasteiger partial charge in [0.2, 0.25) is 5.91 Å². The molecule has 1 unspecified atom stereocenters. The molecule has 1 spiro atoms. The van der Waals surface area contributed by atoms with E-state index >= 15 is 0 Å². The van der Waals surface area contributed by atoms with Crippen LogP contribution in [0.1, 0.15) is 56.7 Å². The van der Waals surface area contributed by atoms with Gasteiger partial charge in [-0.1, -0.05) is 25.1 Å². The topological polar surface area (TPSA) is 79.1 Å². The number of nitriles is 1. The number of amides is 1. The molecular formula is C27H28N4O2S. The van der Waals surface area contributed by atoms with Crippen LogP contribution in [-0.2, 0) is 16.6 Å². The van der Waals surface area contributed by atoms with E-state index in [0.29, 0.717) is 23.6 Å². The molecule has 1 aliphatic carbocycles. The minimum atomic E-state index is -0.00235. The summed E-state index contributed by atoms with van der Waals surface area (Å²) in [7, 11) is 0. The molecular weight excluding hydrogens is 444 g/mol. The molecule has 5 rings (SSSR count). The monoisotopic (exact) mass is 472 g/mol. The Morgan fingerprint density at radius 1 is 1.29 bits per heavy atom. The molecule has 0 N–H and O–H groups in total. The fraction of sp³-hybridized carbons (Fsp3) is 0.407. The molecule has 174 valence electrons. The summed E-state index contributed by atoms with van der Waals surface area (Å²) in [5, 5.41) is 10.5. The SMILES string of the molecule is CCC(=O)N1CCC2(CCc3c(-c4nc(-c5ccc(OC(C)C)c(C#N)c5)ns4)cccc32)C1. The second-order valence-electron chi connectivity index (χ2n) is 9.44. The van der Waals surface area contributed by atoms with Crippen molar-refractivity contribution in [2.75, 3.05) is 13.1 Å². The predicted molar refractivity (Wildman–Crippen MR) is 133 cm³/mol. The van der Waals surface area contributed by atoms with Crippen LogP contribution in [0.25, 0.3) is 22.0 Å². The van der Waals surface area contributed by atoms with Gasteiger partial charge in [-0.05, 0) is 74.0 Å². The van der Waals surface area contributed by atoms with Crippen LogP contribution in [0.4, 0.5) is 0 Å². The lowest BCUT2D eigenvalue weighted by atomic mass is 9.81. The summed E-state index contributed by atoms with van der Waals surface area (Å²) < 4.78 is 10.4. The Hall–Kier alpha value is -3.24. The van der Waals surface area contributed by atoms with E-state index < -0.39 is 0 Å². The molecule has 1 saturated heterocycles. The molecule has 0 radical (unpaired) electrons. The van der Waals surface area contributed by atoms with Crippen molar-refractivity contribution in [3.63, 3.8) is 0 Å². The number of ether oxygens (including phenoxy) is 1. The number of aromatic nitrogens is 2. The summed E-state index contributed by atoms with van der Waals surface area (Å²) in [5.41, 5.74) is 5.21. The third-order valence-electron chi connectivity index (χ3n) is 6.99. The molecule has 1 atom stereocenters. The van der Waals surface area contributed by atoms with Crippen LogP contribution < -0.4 is 4.74 Å². The van der Waals surface area contributed by atoms with Crippen molar-refractivity contribution in [1.82, 2.24) is 14.3 Å². The number of hydrogen-bond acceptors (Lipinski definition) is 6. The lowest BCUT2D eigenvalue weighted by Crippen LogP contribution is -2.32. The molecule has 34 heavy (non-hydrogen) atoms. The first kappa shape index (κ1) is 22.5. The molecule has 6 nitrogen and oxygen atoms in total. The third-order valence-corrected chi connectivity index (χ3v) is 7.74. The van der Waals surface area contributed by atoms with Crippen molar-refractivity contribution >= 4 is 17.4 Å². The smallest absolute Gasteiger partial charge is 0.222 e. The van der Waals surface area contributed by atoms with Gasteiger partial charge in [-0.3, -0.25) is 4.79 Å². The van der Waals surface area contributed by atoms with E-state index in [1.54, 1.807) is 6.07 Å². The van der Waals surface area contributed by atoms with Gasteiger partial charge in [-0.25, -0.2) is 4.98 Å². The number of fused-ring (bicyclic) bond motifs is 2. The lowest BCUT2D eigenvalue weighted by Gasteiger charge is -2.25. The van der Waals surface area contributed by atoms with E-state index in [-0.39, 0.29) is 17.4 Å². The number of likely N-dealkylation sites (tertiary alicyclic amines) is 1. The number of benzene rings is 2. The number of nitrogens with zero attached hydrogens (tertiary/aromatic N) is 4. The van der Waals surface area contributed by atoms with Crippen molar-refractivity contribution in [3.8, 4) is 33.8 Å². The van der Waals surface area contributed by atoms with Crippen molar-refractivity contribution in [3.05, 3.63) is 53.1 Å². The van der Waals surface area contributed by atoms with Crippen molar-refractivity contribution in [1.29, 1.82) is 5.26 Å². The highest BCUT2D eigenvalue weighted by Gasteiger charge is 2.45. The van der Waals surface area contributed by atoms with E-state index in [0.717, 1.165) is 48.5 Å². The molecule has 2 heterocycles. The maximum Gasteiger partial charge on any atom is 0.222 e. The van der Waals surface area contributed by atoms with E-state index in [1.165, 1.54) is 22.7 Å². The highest BCUT2D eigenvalue weighted by molar-refractivity contribution is 7.09. The lowest BCUT2D eigenvalue weighted by molar-refractivity contribution is -0.130. The molecule has 3 aromatic rings. The highest BCUT2D eigenvalue weighted by Crippen LogP contribution is 2.48. The van der Waals surface area contributed by atoms with E-state index in [4.69, 9.17) is 9.72 Å². The molecule has 0 saturated carbocycles. The molecule has 7 heteroatoms. The summed E-state index contributed by atoms with van der Waals surface area (Å²) >= 11 is 1.39. The molecule has 1 aromatic heterocycles. The van der Waals surface area contributed by atoms with Gasteiger partial charge in [0.1, 0.15) is 16.8 Å². The quantitative estimate of drug-likeness (QED) is 0.500. The first-order valence-electron chi connectivity index (χ1n) is 11.9. The number of carbonyl (C=O) groups excluding carboxylic acids is 1. The molecule has 1 fully saturated rings. The Morgan fingerprint density at radius 3 is 2.91 bits per heavy atom. The zero-order chi connectivity index (χ0) is 23.9. The normalized spacial score (nSPS) is 19.0. The first-order chi connectivity index (χ1) is 16.4. The van der Waals surface area contributed by atoms with E-state index in [1.807, 2.05) is 37.8 Å². The molecule has 1 aliphatic heterocycles. The van der Waals surface area contributed by atoms with Crippen LogP contribution >= 0.6 is 11.5 Å². The second-order valence-corrected chi connectivity index (χ2v) is 10.2. The average molecular weight is 473 g/mol. The van der Waals surface area contributed by atoms with Crippen LogP contribution in [0, 0.1) is 11.3 Å². The Labute approximate surface area is 204 Å². The van der Waals surface area contributed by atoms with Crippen molar-refractivity contribution in [2.45, 2.75) is 58.0 Å².